The molecule has 3 aromatic rings. The summed E-state index contributed by atoms with van der Waals surface area (Å²) in [6.45, 7) is 0. The van der Waals surface area contributed by atoms with Crippen LogP contribution in [-0.2, 0) is 6.42 Å². The molecular formula is C15H13ClN4O2. The predicted octanol–water partition coefficient (Wildman–Crippen LogP) is 2.97. The Balaban J connectivity index is 1.92. The second-order valence-electron chi connectivity index (χ2n) is 4.58. The van der Waals surface area contributed by atoms with Crippen LogP contribution >= 0.6 is 11.6 Å². The van der Waals surface area contributed by atoms with Crippen molar-refractivity contribution in [1.29, 1.82) is 0 Å². The zero-order valence-corrected chi connectivity index (χ0v) is 12.5. The van der Waals surface area contributed by atoms with E-state index in [0.29, 0.717) is 40.2 Å². The number of pyridine rings is 1. The summed E-state index contributed by atoms with van der Waals surface area (Å²) in [5, 5.41) is 4.38. The van der Waals surface area contributed by atoms with Crippen LogP contribution in [0.25, 0.3) is 11.4 Å². The first kappa shape index (κ1) is 14.3. The molecule has 0 radical (unpaired) electrons. The zero-order valence-electron chi connectivity index (χ0n) is 11.8. The predicted molar refractivity (Wildman–Crippen MR) is 82.8 cm³/mol. The maximum Gasteiger partial charge on any atom is 0.232 e. The number of aromatic nitrogens is 3. The van der Waals surface area contributed by atoms with E-state index in [4.69, 9.17) is 26.6 Å². The van der Waals surface area contributed by atoms with Crippen molar-refractivity contribution in [3.05, 3.63) is 53.1 Å². The molecule has 1 aromatic carbocycles. The van der Waals surface area contributed by atoms with Gasteiger partial charge in [-0.1, -0.05) is 22.8 Å². The van der Waals surface area contributed by atoms with Crippen LogP contribution < -0.4 is 10.5 Å². The lowest BCUT2D eigenvalue weighted by atomic mass is 10.1. The number of ether oxygens (including phenoxy) is 1. The van der Waals surface area contributed by atoms with Crippen LogP contribution in [0.3, 0.4) is 0 Å². The first-order chi connectivity index (χ1) is 10.7. The van der Waals surface area contributed by atoms with Crippen LogP contribution in [0.4, 0.5) is 5.69 Å². The number of hydrogen-bond acceptors (Lipinski definition) is 6. The normalized spacial score (nSPS) is 10.6. The Morgan fingerprint density at radius 2 is 2.18 bits per heavy atom. The molecule has 22 heavy (non-hydrogen) atoms. The lowest BCUT2D eigenvalue weighted by Crippen LogP contribution is -1.94. The molecule has 2 aromatic heterocycles. The van der Waals surface area contributed by atoms with Gasteiger partial charge in [0.25, 0.3) is 0 Å². The van der Waals surface area contributed by atoms with Crippen LogP contribution in [0, 0.1) is 0 Å². The van der Waals surface area contributed by atoms with Crippen LogP contribution in [0.15, 0.2) is 41.1 Å². The Bertz CT molecular complexity index is 789. The van der Waals surface area contributed by atoms with Crippen LogP contribution in [0.1, 0.15) is 11.6 Å². The van der Waals surface area contributed by atoms with Gasteiger partial charge in [0.2, 0.25) is 11.7 Å². The molecule has 3 rings (SSSR count). The second kappa shape index (κ2) is 6.03. The van der Waals surface area contributed by atoms with Crippen molar-refractivity contribution in [2.24, 2.45) is 0 Å². The van der Waals surface area contributed by atoms with E-state index in [9.17, 15) is 0 Å². The minimum atomic E-state index is 0.393. The van der Waals surface area contributed by atoms with E-state index in [2.05, 4.69) is 15.1 Å². The van der Waals surface area contributed by atoms with Crippen molar-refractivity contribution >= 4 is 17.3 Å². The highest BCUT2D eigenvalue weighted by Gasteiger charge is 2.16. The molecule has 0 fully saturated rings. The quantitative estimate of drug-likeness (QED) is 0.745. The molecule has 7 heteroatoms. The number of nitrogen functional groups attached to an aromatic ring is 1. The van der Waals surface area contributed by atoms with Gasteiger partial charge in [-0.2, -0.15) is 4.98 Å². The Hall–Kier alpha value is -2.60. The average molecular weight is 317 g/mol. The molecule has 0 bridgehead atoms. The summed E-state index contributed by atoms with van der Waals surface area (Å²) in [4.78, 5) is 8.58. The third kappa shape index (κ3) is 2.87. The maximum absolute atomic E-state index is 6.05. The third-order valence-corrected chi connectivity index (χ3v) is 3.41. The summed E-state index contributed by atoms with van der Waals surface area (Å²) in [5.41, 5.74) is 7.67. The highest BCUT2D eigenvalue weighted by molar-refractivity contribution is 6.33. The highest BCUT2D eigenvalue weighted by Crippen LogP contribution is 2.34. The molecule has 0 aliphatic rings. The number of rotatable bonds is 4. The topological polar surface area (TPSA) is 87.1 Å². The van der Waals surface area contributed by atoms with Crippen molar-refractivity contribution < 1.29 is 9.26 Å². The third-order valence-electron chi connectivity index (χ3n) is 3.09. The molecule has 0 saturated carbocycles. The largest absolute Gasteiger partial charge is 0.496 e. The molecule has 0 amide bonds. The van der Waals surface area contributed by atoms with E-state index < -0.39 is 0 Å². The monoisotopic (exact) mass is 316 g/mol. The average Bonchev–Trinajstić information content (AvgIpc) is 2.99. The van der Waals surface area contributed by atoms with Crippen molar-refractivity contribution in [1.82, 2.24) is 15.1 Å². The van der Waals surface area contributed by atoms with Gasteiger partial charge < -0.3 is 15.0 Å². The highest BCUT2D eigenvalue weighted by atomic mass is 35.5. The molecule has 0 saturated heterocycles. The van der Waals surface area contributed by atoms with Gasteiger partial charge in [-0.25, -0.2) is 0 Å². The van der Waals surface area contributed by atoms with Gasteiger partial charge in [-0.15, -0.1) is 0 Å². The molecule has 2 heterocycles. The number of hydrogen-bond donors (Lipinski definition) is 1. The molecule has 0 unspecified atom stereocenters. The lowest BCUT2D eigenvalue weighted by Gasteiger charge is -2.07. The number of methoxy groups -OCH3 is 1. The van der Waals surface area contributed by atoms with Gasteiger partial charge in [0.05, 0.1) is 29.8 Å². The van der Waals surface area contributed by atoms with E-state index in [0.717, 1.165) is 5.69 Å². The van der Waals surface area contributed by atoms with E-state index >= 15 is 0 Å². The molecule has 2 N–H and O–H groups in total. The summed E-state index contributed by atoms with van der Waals surface area (Å²) in [6.07, 6.45) is 2.17. The summed E-state index contributed by atoms with van der Waals surface area (Å²) in [6, 6.07) is 8.94. The van der Waals surface area contributed by atoms with Crippen LogP contribution in [-0.4, -0.2) is 22.2 Å². The fourth-order valence-corrected chi connectivity index (χ4v) is 2.17. The van der Waals surface area contributed by atoms with E-state index in [1.807, 2.05) is 18.2 Å². The molecule has 6 nitrogen and oxygen atoms in total. The number of halogens is 1. The van der Waals surface area contributed by atoms with Crippen molar-refractivity contribution in [3.8, 4) is 17.1 Å². The Labute approximate surface area is 131 Å². The number of benzene rings is 1. The molecule has 0 spiro atoms. The first-order valence-corrected chi connectivity index (χ1v) is 6.91. The molecule has 0 aliphatic carbocycles. The van der Waals surface area contributed by atoms with Crippen LogP contribution in [0.2, 0.25) is 5.02 Å². The molecule has 112 valence electrons. The molecule has 0 aliphatic heterocycles. The maximum atomic E-state index is 6.05. The van der Waals surface area contributed by atoms with Gasteiger partial charge in [-0.3, -0.25) is 4.98 Å². The van der Waals surface area contributed by atoms with Gasteiger partial charge in [0.1, 0.15) is 5.75 Å². The van der Waals surface area contributed by atoms with Gasteiger partial charge in [0.15, 0.2) is 0 Å². The summed E-state index contributed by atoms with van der Waals surface area (Å²) in [5.74, 6) is 1.39. The minimum Gasteiger partial charge on any atom is -0.496 e. The standard InChI is InChI=1S/C15H13ClN4O2/c1-21-13-8-12(17)11(16)7-10(13)15-19-14(22-20-15)6-9-4-2-3-5-18-9/h2-5,7-8H,6,17H2,1H3. The molecular weight excluding hydrogens is 304 g/mol. The Kier molecular flexibility index (Phi) is 3.93. The summed E-state index contributed by atoms with van der Waals surface area (Å²) < 4.78 is 10.6. The Morgan fingerprint density at radius 1 is 1.32 bits per heavy atom. The second-order valence-corrected chi connectivity index (χ2v) is 4.99. The van der Waals surface area contributed by atoms with Gasteiger partial charge >= 0.3 is 0 Å². The summed E-state index contributed by atoms with van der Waals surface area (Å²) in [7, 11) is 1.54. The van der Waals surface area contributed by atoms with Gasteiger partial charge in [0, 0.05) is 18.0 Å². The zero-order chi connectivity index (χ0) is 15.5. The van der Waals surface area contributed by atoms with E-state index in [-0.39, 0.29) is 0 Å². The lowest BCUT2D eigenvalue weighted by molar-refractivity contribution is 0.384. The van der Waals surface area contributed by atoms with Crippen molar-refractivity contribution in [2.75, 3.05) is 12.8 Å². The van der Waals surface area contributed by atoms with Gasteiger partial charge in [-0.05, 0) is 18.2 Å². The summed E-state index contributed by atoms with van der Waals surface area (Å²) >= 11 is 6.05. The van der Waals surface area contributed by atoms with Crippen molar-refractivity contribution in [3.63, 3.8) is 0 Å². The van der Waals surface area contributed by atoms with Crippen LogP contribution in [0.5, 0.6) is 5.75 Å². The fraction of sp³-hybridized carbons (Fsp3) is 0.133. The smallest absolute Gasteiger partial charge is 0.232 e. The number of nitrogens with zero attached hydrogens (tertiary/aromatic N) is 3. The first-order valence-electron chi connectivity index (χ1n) is 6.53. The minimum absolute atomic E-state index is 0.393. The SMILES string of the molecule is COc1cc(N)c(Cl)cc1-c1noc(Cc2ccccn2)n1. The number of nitrogens with two attached hydrogens (primary N) is 1. The van der Waals surface area contributed by atoms with E-state index in [1.54, 1.807) is 25.4 Å². The number of anilines is 1. The van der Waals surface area contributed by atoms with E-state index in [1.165, 1.54) is 0 Å². The Morgan fingerprint density at radius 3 is 2.91 bits per heavy atom. The van der Waals surface area contributed by atoms with Crippen molar-refractivity contribution in [2.45, 2.75) is 6.42 Å². The fourth-order valence-electron chi connectivity index (χ4n) is 2.01. The molecule has 0 atom stereocenters.